The van der Waals surface area contributed by atoms with Crippen molar-refractivity contribution in [2.45, 2.75) is 26.4 Å². The van der Waals surface area contributed by atoms with E-state index in [0.717, 1.165) is 23.3 Å². The first kappa shape index (κ1) is 12.7. The normalized spacial score (nSPS) is 16.6. The highest BCUT2D eigenvalue weighted by Gasteiger charge is 2.22. The molecule has 0 radical (unpaired) electrons. The van der Waals surface area contributed by atoms with E-state index in [1.807, 2.05) is 44.2 Å². The van der Waals surface area contributed by atoms with E-state index in [1.54, 1.807) is 6.07 Å². The van der Waals surface area contributed by atoms with Crippen molar-refractivity contribution in [3.63, 3.8) is 0 Å². The standard InChI is InChI=1S/C17H17NO2/c1-10-4-3-5-14(18)16(10)17(19)12-6-7-15-13(9-12)8-11(2)20-15/h3-7,9,11H,8,18H2,1-2H3. The first-order valence-corrected chi connectivity index (χ1v) is 6.75. The molecule has 2 aromatic carbocycles. The molecule has 2 N–H and O–H groups in total. The molecular weight excluding hydrogens is 250 g/mol. The number of hydrogen-bond acceptors (Lipinski definition) is 3. The zero-order chi connectivity index (χ0) is 14.3. The highest BCUT2D eigenvalue weighted by molar-refractivity contribution is 6.13. The molecular formula is C17H17NO2. The van der Waals surface area contributed by atoms with Gasteiger partial charge in [0.05, 0.1) is 0 Å². The Kier molecular flexibility index (Phi) is 2.97. The number of benzene rings is 2. The smallest absolute Gasteiger partial charge is 0.195 e. The van der Waals surface area contributed by atoms with Crippen molar-refractivity contribution >= 4 is 11.5 Å². The van der Waals surface area contributed by atoms with Gasteiger partial charge in [0.1, 0.15) is 11.9 Å². The predicted octanol–water partition coefficient (Wildman–Crippen LogP) is 3.13. The van der Waals surface area contributed by atoms with Crippen molar-refractivity contribution in [3.05, 3.63) is 58.7 Å². The number of ketones is 1. The van der Waals surface area contributed by atoms with Crippen LogP contribution in [0.15, 0.2) is 36.4 Å². The predicted molar refractivity (Wildman–Crippen MR) is 79.3 cm³/mol. The molecule has 102 valence electrons. The molecule has 3 heteroatoms. The maximum absolute atomic E-state index is 12.6. The summed E-state index contributed by atoms with van der Waals surface area (Å²) in [5.41, 5.74) is 9.74. The van der Waals surface area contributed by atoms with E-state index in [-0.39, 0.29) is 11.9 Å². The molecule has 0 fully saturated rings. The van der Waals surface area contributed by atoms with E-state index in [2.05, 4.69) is 0 Å². The van der Waals surface area contributed by atoms with E-state index in [0.29, 0.717) is 16.8 Å². The van der Waals surface area contributed by atoms with Gasteiger partial charge in [-0.25, -0.2) is 0 Å². The lowest BCUT2D eigenvalue weighted by Gasteiger charge is -2.09. The molecule has 0 amide bonds. The van der Waals surface area contributed by atoms with Gasteiger partial charge in [0.15, 0.2) is 5.78 Å². The van der Waals surface area contributed by atoms with Crippen LogP contribution >= 0.6 is 0 Å². The molecule has 1 heterocycles. The summed E-state index contributed by atoms with van der Waals surface area (Å²) in [6, 6.07) is 11.1. The summed E-state index contributed by atoms with van der Waals surface area (Å²) in [5, 5.41) is 0. The zero-order valence-corrected chi connectivity index (χ0v) is 11.6. The number of anilines is 1. The fourth-order valence-electron chi connectivity index (χ4n) is 2.71. The van der Waals surface area contributed by atoms with Gasteiger partial charge in [-0.2, -0.15) is 0 Å². The summed E-state index contributed by atoms with van der Waals surface area (Å²) in [4.78, 5) is 12.6. The van der Waals surface area contributed by atoms with Gasteiger partial charge in [-0.3, -0.25) is 4.79 Å². The number of fused-ring (bicyclic) bond motifs is 1. The van der Waals surface area contributed by atoms with Crippen LogP contribution in [-0.4, -0.2) is 11.9 Å². The number of aryl methyl sites for hydroxylation is 1. The molecule has 0 saturated heterocycles. The monoisotopic (exact) mass is 267 g/mol. The third-order valence-corrected chi connectivity index (χ3v) is 3.69. The topological polar surface area (TPSA) is 52.3 Å². The van der Waals surface area contributed by atoms with E-state index in [1.165, 1.54) is 0 Å². The molecule has 0 aliphatic carbocycles. The molecule has 3 nitrogen and oxygen atoms in total. The first-order chi connectivity index (χ1) is 9.56. The maximum atomic E-state index is 12.6. The Hall–Kier alpha value is -2.29. The molecule has 0 saturated carbocycles. The van der Waals surface area contributed by atoms with Crippen LogP contribution in [0.3, 0.4) is 0 Å². The van der Waals surface area contributed by atoms with E-state index < -0.39 is 0 Å². The number of rotatable bonds is 2. The minimum absolute atomic E-state index is 0.0250. The molecule has 1 atom stereocenters. The average molecular weight is 267 g/mol. The van der Waals surface area contributed by atoms with Gasteiger partial charge in [0.2, 0.25) is 0 Å². The van der Waals surface area contributed by atoms with Crippen LogP contribution in [0, 0.1) is 6.92 Å². The SMILES string of the molecule is Cc1cccc(N)c1C(=O)c1ccc2c(c1)CC(C)O2. The van der Waals surface area contributed by atoms with Gasteiger partial charge < -0.3 is 10.5 Å². The average Bonchev–Trinajstić information content (AvgIpc) is 2.77. The van der Waals surface area contributed by atoms with Crippen LogP contribution in [0.1, 0.15) is 34.0 Å². The van der Waals surface area contributed by atoms with E-state index >= 15 is 0 Å². The Labute approximate surface area is 118 Å². The Morgan fingerprint density at radius 2 is 2.10 bits per heavy atom. The fraction of sp³-hybridized carbons (Fsp3) is 0.235. The van der Waals surface area contributed by atoms with Crippen molar-refractivity contribution in [1.29, 1.82) is 0 Å². The summed E-state index contributed by atoms with van der Waals surface area (Å²) < 4.78 is 5.66. The second-order valence-corrected chi connectivity index (χ2v) is 5.32. The third kappa shape index (κ3) is 2.05. The Morgan fingerprint density at radius 3 is 2.85 bits per heavy atom. The van der Waals surface area contributed by atoms with Crippen LogP contribution in [0.25, 0.3) is 0 Å². The van der Waals surface area contributed by atoms with Gasteiger partial charge >= 0.3 is 0 Å². The summed E-state index contributed by atoms with van der Waals surface area (Å²) >= 11 is 0. The number of carbonyl (C=O) groups excluding carboxylic acids is 1. The lowest BCUT2D eigenvalue weighted by molar-refractivity contribution is 0.103. The molecule has 1 unspecified atom stereocenters. The zero-order valence-electron chi connectivity index (χ0n) is 11.6. The van der Waals surface area contributed by atoms with Crippen molar-refractivity contribution < 1.29 is 9.53 Å². The lowest BCUT2D eigenvalue weighted by atomic mass is 9.95. The quantitative estimate of drug-likeness (QED) is 0.672. The lowest BCUT2D eigenvalue weighted by Crippen LogP contribution is -2.08. The number of ether oxygens (including phenoxy) is 1. The largest absolute Gasteiger partial charge is 0.490 e. The molecule has 2 aromatic rings. The number of hydrogen-bond donors (Lipinski definition) is 1. The number of carbonyl (C=O) groups is 1. The molecule has 1 aliphatic rings. The molecule has 20 heavy (non-hydrogen) atoms. The van der Waals surface area contributed by atoms with Crippen LogP contribution in [-0.2, 0) is 6.42 Å². The summed E-state index contributed by atoms with van der Waals surface area (Å²) in [6.45, 7) is 3.93. The second kappa shape index (κ2) is 4.67. The van der Waals surface area contributed by atoms with Crippen LogP contribution in [0.4, 0.5) is 5.69 Å². The molecule has 0 bridgehead atoms. The van der Waals surface area contributed by atoms with Crippen molar-refractivity contribution in [3.8, 4) is 5.75 Å². The second-order valence-electron chi connectivity index (χ2n) is 5.32. The first-order valence-electron chi connectivity index (χ1n) is 6.75. The third-order valence-electron chi connectivity index (χ3n) is 3.69. The van der Waals surface area contributed by atoms with Crippen LogP contribution < -0.4 is 10.5 Å². The molecule has 0 aromatic heterocycles. The Morgan fingerprint density at radius 1 is 1.30 bits per heavy atom. The summed E-state index contributed by atoms with van der Waals surface area (Å²) in [6.07, 6.45) is 1.03. The molecule has 0 spiro atoms. The molecule has 1 aliphatic heterocycles. The molecule has 3 rings (SSSR count). The van der Waals surface area contributed by atoms with Crippen LogP contribution in [0.5, 0.6) is 5.75 Å². The Balaban J connectivity index is 2.02. The minimum Gasteiger partial charge on any atom is -0.490 e. The number of nitrogen functional groups attached to an aromatic ring is 1. The van der Waals surface area contributed by atoms with E-state index in [9.17, 15) is 4.79 Å². The fourth-order valence-corrected chi connectivity index (χ4v) is 2.71. The Bertz CT molecular complexity index is 671. The highest BCUT2D eigenvalue weighted by Crippen LogP contribution is 2.30. The van der Waals surface area contributed by atoms with Gasteiger partial charge in [-0.05, 0) is 49.2 Å². The number of nitrogens with two attached hydrogens (primary N) is 1. The van der Waals surface area contributed by atoms with Gasteiger partial charge in [-0.15, -0.1) is 0 Å². The van der Waals surface area contributed by atoms with Crippen LogP contribution in [0.2, 0.25) is 0 Å². The summed E-state index contributed by atoms with van der Waals surface area (Å²) in [7, 11) is 0. The highest BCUT2D eigenvalue weighted by atomic mass is 16.5. The maximum Gasteiger partial charge on any atom is 0.195 e. The van der Waals surface area contributed by atoms with Crippen molar-refractivity contribution in [1.82, 2.24) is 0 Å². The van der Waals surface area contributed by atoms with Crippen molar-refractivity contribution in [2.24, 2.45) is 0 Å². The summed E-state index contributed by atoms with van der Waals surface area (Å²) in [5.74, 6) is 0.856. The van der Waals surface area contributed by atoms with Gasteiger partial charge in [0, 0.05) is 23.2 Å². The minimum atomic E-state index is -0.0250. The van der Waals surface area contributed by atoms with E-state index in [4.69, 9.17) is 10.5 Å². The van der Waals surface area contributed by atoms with Gasteiger partial charge in [0.25, 0.3) is 0 Å². The van der Waals surface area contributed by atoms with Crippen molar-refractivity contribution in [2.75, 3.05) is 5.73 Å². The van der Waals surface area contributed by atoms with Gasteiger partial charge in [-0.1, -0.05) is 12.1 Å².